The Bertz CT molecular complexity index is 935. The number of nitrogens with one attached hydrogen (secondary N) is 3. The Morgan fingerprint density at radius 1 is 1.30 bits per heavy atom. The van der Waals surface area contributed by atoms with Crippen molar-refractivity contribution in [1.29, 1.82) is 0 Å². The van der Waals surface area contributed by atoms with Gasteiger partial charge in [0.2, 0.25) is 10.0 Å². The van der Waals surface area contributed by atoms with Gasteiger partial charge in [-0.25, -0.2) is 23.1 Å². The van der Waals surface area contributed by atoms with E-state index in [4.69, 9.17) is 4.74 Å². The van der Waals surface area contributed by atoms with Gasteiger partial charge in [0.1, 0.15) is 12.2 Å². The van der Waals surface area contributed by atoms with E-state index >= 15 is 0 Å². The molecule has 2 aromatic rings. The van der Waals surface area contributed by atoms with Crippen LogP contribution in [0, 0.1) is 0 Å². The second-order valence-electron chi connectivity index (χ2n) is 6.98. The maximum atomic E-state index is 12.4. The Labute approximate surface area is 177 Å². The summed E-state index contributed by atoms with van der Waals surface area (Å²) in [5.74, 6) is 1.45. The molecule has 1 aliphatic heterocycles. The summed E-state index contributed by atoms with van der Waals surface area (Å²) < 4.78 is 34.7. The van der Waals surface area contributed by atoms with Crippen molar-refractivity contribution in [3.8, 4) is 0 Å². The van der Waals surface area contributed by atoms with Gasteiger partial charge >= 0.3 is 0 Å². The number of aliphatic imine (C=N–C) groups is 1. The van der Waals surface area contributed by atoms with Gasteiger partial charge in [0, 0.05) is 26.7 Å². The Hall–Kier alpha value is -2.50. The van der Waals surface area contributed by atoms with E-state index in [1.54, 1.807) is 28.9 Å². The summed E-state index contributed by atoms with van der Waals surface area (Å²) in [5.41, 5.74) is 0.906. The van der Waals surface area contributed by atoms with Crippen LogP contribution in [0.2, 0.25) is 0 Å². The fraction of sp³-hybridized carbons (Fsp3) is 0.526. The molecule has 1 atom stereocenters. The highest BCUT2D eigenvalue weighted by Crippen LogP contribution is 2.14. The average Bonchev–Trinajstić information content (AvgIpc) is 3.41. The Morgan fingerprint density at radius 3 is 2.73 bits per heavy atom. The molecular formula is C19H29N7O3S. The zero-order valence-corrected chi connectivity index (χ0v) is 18.2. The van der Waals surface area contributed by atoms with E-state index in [9.17, 15) is 8.42 Å². The lowest BCUT2D eigenvalue weighted by Gasteiger charge is -2.12. The number of ether oxygens (including phenoxy) is 1. The monoisotopic (exact) mass is 435 g/mol. The standard InChI is InChI=1S/C19H29N7O3S/c1-3-20-19(22-13-18-23-14-24-26(18)2)21-11-15-6-8-17(9-7-15)30(27,28)25-12-16-5-4-10-29-16/h6-9,14,16,25H,3-5,10-13H2,1-2H3,(H2,20,21,22). The molecule has 1 fully saturated rings. The third-order valence-electron chi connectivity index (χ3n) is 4.74. The Kier molecular flexibility index (Phi) is 7.77. The molecule has 164 valence electrons. The van der Waals surface area contributed by atoms with Crippen LogP contribution in [-0.2, 0) is 34.9 Å². The van der Waals surface area contributed by atoms with Gasteiger partial charge in [-0.2, -0.15) is 5.10 Å². The molecule has 0 aliphatic carbocycles. The van der Waals surface area contributed by atoms with Crippen LogP contribution in [0.15, 0.2) is 40.5 Å². The predicted octanol–water partition coefficient (Wildman–Crippen LogP) is 0.528. The molecule has 1 saturated heterocycles. The molecular weight excluding hydrogens is 406 g/mol. The summed E-state index contributed by atoms with van der Waals surface area (Å²) in [4.78, 5) is 8.96. The predicted molar refractivity (Wildman–Crippen MR) is 113 cm³/mol. The second-order valence-corrected chi connectivity index (χ2v) is 8.75. The maximum Gasteiger partial charge on any atom is 0.240 e. The smallest absolute Gasteiger partial charge is 0.240 e. The van der Waals surface area contributed by atoms with Crippen molar-refractivity contribution in [2.24, 2.45) is 12.0 Å². The van der Waals surface area contributed by atoms with Gasteiger partial charge in [-0.05, 0) is 37.5 Å². The van der Waals surface area contributed by atoms with Crippen LogP contribution in [0.25, 0.3) is 0 Å². The number of aromatic nitrogens is 3. The number of sulfonamides is 1. The van der Waals surface area contributed by atoms with Crippen molar-refractivity contribution in [2.75, 3.05) is 19.7 Å². The number of benzene rings is 1. The topological polar surface area (TPSA) is 123 Å². The molecule has 1 aromatic heterocycles. The first kappa shape index (κ1) is 22.2. The highest BCUT2D eigenvalue weighted by atomic mass is 32.2. The second kappa shape index (κ2) is 10.5. The van der Waals surface area contributed by atoms with Crippen LogP contribution in [0.5, 0.6) is 0 Å². The first-order valence-electron chi connectivity index (χ1n) is 10.0. The molecule has 0 spiro atoms. The fourth-order valence-electron chi connectivity index (χ4n) is 3.02. The normalized spacial score (nSPS) is 17.3. The average molecular weight is 436 g/mol. The van der Waals surface area contributed by atoms with Crippen molar-refractivity contribution < 1.29 is 13.2 Å². The third-order valence-corrected chi connectivity index (χ3v) is 6.18. The van der Waals surface area contributed by atoms with Gasteiger partial charge in [0.25, 0.3) is 0 Å². The number of hydrogen-bond donors (Lipinski definition) is 3. The van der Waals surface area contributed by atoms with E-state index in [-0.39, 0.29) is 11.0 Å². The van der Waals surface area contributed by atoms with E-state index in [1.165, 1.54) is 6.33 Å². The highest BCUT2D eigenvalue weighted by Gasteiger charge is 2.20. The van der Waals surface area contributed by atoms with E-state index < -0.39 is 10.0 Å². The molecule has 3 rings (SSSR count). The number of guanidine groups is 1. The van der Waals surface area contributed by atoms with Gasteiger partial charge in [-0.1, -0.05) is 12.1 Å². The molecule has 1 aromatic carbocycles. The number of rotatable bonds is 9. The van der Waals surface area contributed by atoms with E-state index in [0.717, 1.165) is 30.8 Å². The van der Waals surface area contributed by atoms with Crippen LogP contribution < -0.4 is 15.4 Å². The van der Waals surface area contributed by atoms with Gasteiger partial charge < -0.3 is 15.4 Å². The quantitative estimate of drug-likeness (QED) is 0.388. The van der Waals surface area contributed by atoms with E-state index in [2.05, 4.69) is 30.4 Å². The first-order chi connectivity index (χ1) is 14.5. The lowest BCUT2D eigenvalue weighted by Crippen LogP contribution is -2.37. The molecule has 3 N–H and O–H groups in total. The van der Waals surface area contributed by atoms with Gasteiger partial charge in [-0.3, -0.25) is 4.68 Å². The summed E-state index contributed by atoms with van der Waals surface area (Å²) >= 11 is 0. The lowest BCUT2D eigenvalue weighted by molar-refractivity contribution is 0.114. The summed E-state index contributed by atoms with van der Waals surface area (Å²) in [6, 6.07) is 6.75. The fourth-order valence-corrected chi connectivity index (χ4v) is 4.09. The summed E-state index contributed by atoms with van der Waals surface area (Å²) in [7, 11) is -1.72. The van der Waals surface area contributed by atoms with Gasteiger partial charge in [0.05, 0.1) is 24.1 Å². The molecule has 0 saturated carbocycles. The molecule has 0 bridgehead atoms. The minimum atomic E-state index is -3.55. The number of nitrogens with zero attached hydrogens (tertiary/aromatic N) is 4. The zero-order valence-electron chi connectivity index (χ0n) is 17.3. The summed E-state index contributed by atoms with van der Waals surface area (Å²) in [6.07, 6.45) is 3.33. The molecule has 10 nitrogen and oxygen atoms in total. The molecule has 2 heterocycles. The highest BCUT2D eigenvalue weighted by molar-refractivity contribution is 7.89. The Morgan fingerprint density at radius 2 is 2.10 bits per heavy atom. The third kappa shape index (κ3) is 6.25. The molecule has 1 unspecified atom stereocenters. The molecule has 0 amide bonds. The van der Waals surface area contributed by atoms with Crippen LogP contribution >= 0.6 is 0 Å². The van der Waals surface area contributed by atoms with Gasteiger partial charge in [0.15, 0.2) is 5.96 Å². The van der Waals surface area contributed by atoms with Crippen molar-refractivity contribution >= 4 is 16.0 Å². The van der Waals surface area contributed by atoms with Crippen LogP contribution in [0.4, 0.5) is 0 Å². The first-order valence-corrected chi connectivity index (χ1v) is 11.5. The van der Waals surface area contributed by atoms with Crippen molar-refractivity contribution in [2.45, 2.75) is 43.9 Å². The van der Waals surface area contributed by atoms with Crippen molar-refractivity contribution in [1.82, 2.24) is 30.1 Å². The minimum Gasteiger partial charge on any atom is -0.377 e. The largest absolute Gasteiger partial charge is 0.377 e. The van der Waals surface area contributed by atoms with E-state index in [1.807, 2.05) is 14.0 Å². The van der Waals surface area contributed by atoms with Crippen LogP contribution in [0.3, 0.4) is 0 Å². The molecule has 30 heavy (non-hydrogen) atoms. The number of aryl methyl sites for hydroxylation is 1. The molecule has 0 radical (unpaired) electrons. The van der Waals surface area contributed by atoms with Crippen molar-refractivity contribution in [3.63, 3.8) is 0 Å². The summed E-state index contributed by atoms with van der Waals surface area (Å²) in [5, 5.41) is 10.4. The summed E-state index contributed by atoms with van der Waals surface area (Å²) in [6.45, 7) is 4.62. The Balaban J connectivity index is 1.56. The zero-order chi connectivity index (χ0) is 21.4. The lowest BCUT2D eigenvalue weighted by atomic mass is 10.2. The van der Waals surface area contributed by atoms with Crippen LogP contribution in [-0.4, -0.2) is 54.9 Å². The molecule has 1 aliphatic rings. The van der Waals surface area contributed by atoms with Gasteiger partial charge in [-0.15, -0.1) is 0 Å². The van der Waals surface area contributed by atoms with E-state index in [0.29, 0.717) is 32.2 Å². The van der Waals surface area contributed by atoms with Crippen molar-refractivity contribution in [3.05, 3.63) is 42.0 Å². The minimum absolute atomic E-state index is 0.0353. The number of hydrogen-bond acceptors (Lipinski definition) is 6. The molecule has 11 heteroatoms. The SMILES string of the molecule is CCNC(=NCc1ccc(S(=O)(=O)NCC2CCCO2)cc1)NCc1ncnn1C. The maximum absolute atomic E-state index is 12.4. The van der Waals surface area contributed by atoms with Crippen LogP contribution in [0.1, 0.15) is 31.2 Å².